The SMILES string of the molecule is O=C(Nc1cccc(Cn2ccnc2)c1)C1CNCCN1C1c2ccc(Cl)cc2CCc2cccnc21. The first kappa shape index (κ1) is 23.9. The van der Waals surface area contributed by atoms with Crippen LogP contribution in [0.3, 0.4) is 0 Å². The van der Waals surface area contributed by atoms with Crippen molar-refractivity contribution in [3.63, 3.8) is 0 Å². The van der Waals surface area contributed by atoms with Crippen LogP contribution in [-0.2, 0) is 24.2 Å². The Kier molecular flexibility index (Phi) is 6.74. The van der Waals surface area contributed by atoms with Crippen molar-refractivity contribution in [2.45, 2.75) is 31.5 Å². The second-order valence-corrected chi connectivity index (χ2v) is 10.1. The van der Waals surface area contributed by atoms with E-state index >= 15 is 0 Å². The molecule has 0 saturated carbocycles. The maximum atomic E-state index is 13.8. The smallest absolute Gasteiger partial charge is 0.243 e. The molecule has 2 aromatic carbocycles. The Balaban J connectivity index is 1.31. The van der Waals surface area contributed by atoms with E-state index in [1.54, 1.807) is 12.5 Å². The van der Waals surface area contributed by atoms with E-state index in [0.717, 1.165) is 47.9 Å². The molecule has 2 N–H and O–H groups in total. The van der Waals surface area contributed by atoms with Crippen molar-refractivity contribution < 1.29 is 4.79 Å². The maximum absolute atomic E-state index is 13.8. The standard InChI is InChI=1S/C29H29ClN6O/c30-23-8-9-25-22(16-23)7-6-21-4-2-10-33-27(21)28(25)36-14-12-31-17-26(36)29(37)34-24-5-1-3-20(15-24)18-35-13-11-32-19-35/h1-5,8-11,13,15-16,19,26,28,31H,6-7,12,14,17-18H2,(H,34,37). The summed E-state index contributed by atoms with van der Waals surface area (Å²) < 4.78 is 2.01. The number of amides is 1. The van der Waals surface area contributed by atoms with Crippen LogP contribution in [0.15, 0.2) is 79.5 Å². The minimum Gasteiger partial charge on any atom is -0.333 e. The zero-order valence-corrected chi connectivity index (χ0v) is 21.2. The van der Waals surface area contributed by atoms with Crippen LogP contribution in [0.25, 0.3) is 0 Å². The molecule has 7 nitrogen and oxygen atoms in total. The Bertz CT molecular complexity index is 1410. The maximum Gasteiger partial charge on any atom is 0.243 e. The number of hydrogen-bond acceptors (Lipinski definition) is 5. The lowest BCUT2D eigenvalue weighted by atomic mass is 9.94. The van der Waals surface area contributed by atoms with Crippen molar-refractivity contribution in [3.8, 4) is 0 Å². The predicted octanol–water partition coefficient (Wildman–Crippen LogP) is 4.08. The van der Waals surface area contributed by atoms with Crippen molar-refractivity contribution in [1.29, 1.82) is 0 Å². The van der Waals surface area contributed by atoms with Gasteiger partial charge in [0.25, 0.3) is 0 Å². The lowest BCUT2D eigenvalue weighted by Crippen LogP contribution is -2.57. The van der Waals surface area contributed by atoms with Gasteiger partial charge < -0.3 is 15.2 Å². The molecule has 1 aliphatic heterocycles. The van der Waals surface area contributed by atoms with Gasteiger partial charge in [0.15, 0.2) is 0 Å². The molecule has 0 spiro atoms. The van der Waals surface area contributed by atoms with Crippen molar-refractivity contribution in [1.82, 2.24) is 24.8 Å². The van der Waals surface area contributed by atoms with Gasteiger partial charge in [-0.05, 0) is 65.4 Å². The minimum absolute atomic E-state index is 0.0239. The molecule has 1 amide bonds. The molecule has 188 valence electrons. The summed E-state index contributed by atoms with van der Waals surface area (Å²) in [5.41, 5.74) is 6.56. The van der Waals surface area contributed by atoms with Crippen LogP contribution in [0.5, 0.6) is 0 Å². The molecular formula is C29H29ClN6O. The highest BCUT2D eigenvalue weighted by molar-refractivity contribution is 6.30. The summed E-state index contributed by atoms with van der Waals surface area (Å²) in [5, 5.41) is 7.35. The first-order valence-corrected chi connectivity index (χ1v) is 13.1. The van der Waals surface area contributed by atoms with Crippen LogP contribution in [-0.4, -0.2) is 51.0 Å². The number of aryl methyl sites for hydroxylation is 2. The van der Waals surface area contributed by atoms with Crippen LogP contribution >= 0.6 is 11.6 Å². The number of carbonyl (C=O) groups excluding carboxylic acids is 1. The molecule has 2 atom stereocenters. The van der Waals surface area contributed by atoms with Crippen LogP contribution in [0.4, 0.5) is 5.69 Å². The fourth-order valence-electron chi connectivity index (χ4n) is 5.55. The zero-order valence-electron chi connectivity index (χ0n) is 20.5. The Hall–Kier alpha value is -3.52. The van der Waals surface area contributed by atoms with Gasteiger partial charge in [0.2, 0.25) is 5.91 Å². The van der Waals surface area contributed by atoms with Crippen LogP contribution in [0.2, 0.25) is 5.02 Å². The summed E-state index contributed by atoms with van der Waals surface area (Å²) in [6.45, 7) is 2.82. The number of nitrogens with zero attached hydrogens (tertiary/aromatic N) is 4. The second-order valence-electron chi connectivity index (χ2n) is 9.68. The third kappa shape index (κ3) is 5.03. The molecule has 37 heavy (non-hydrogen) atoms. The minimum atomic E-state index is -0.354. The summed E-state index contributed by atoms with van der Waals surface area (Å²) in [6.07, 6.45) is 9.15. The Morgan fingerprint density at radius 3 is 2.89 bits per heavy atom. The third-order valence-electron chi connectivity index (χ3n) is 7.29. The van der Waals surface area contributed by atoms with Crippen molar-refractivity contribution >= 4 is 23.2 Å². The van der Waals surface area contributed by atoms with E-state index in [-0.39, 0.29) is 18.0 Å². The summed E-state index contributed by atoms with van der Waals surface area (Å²) >= 11 is 6.39. The highest BCUT2D eigenvalue weighted by atomic mass is 35.5. The number of piperazine rings is 1. The predicted molar refractivity (Wildman–Crippen MR) is 145 cm³/mol. The van der Waals surface area contributed by atoms with Crippen molar-refractivity contribution in [2.24, 2.45) is 0 Å². The molecule has 1 fully saturated rings. The second kappa shape index (κ2) is 10.5. The van der Waals surface area contributed by atoms with Crippen molar-refractivity contribution in [2.75, 3.05) is 25.0 Å². The van der Waals surface area contributed by atoms with Crippen LogP contribution in [0, 0.1) is 0 Å². The highest BCUT2D eigenvalue weighted by Crippen LogP contribution is 2.38. The summed E-state index contributed by atoms with van der Waals surface area (Å²) in [4.78, 5) is 25.0. The van der Waals surface area contributed by atoms with Crippen LogP contribution in [0.1, 0.15) is 34.0 Å². The normalized spacial score (nSPS) is 19.5. The molecular weight excluding hydrogens is 484 g/mol. The number of anilines is 1. The van der Waals surface area contributed by atoms with E-state index in [2.05, 4.69) is 44.8 Å². The number of rotatable bonds is 5. The van der Waals surface area contributed by atoms with Crippen LogP contribution < -0.4 is 10.6 Å². The molecule has 6 rings (SSSR count). The molecule has 0 bridgehead atoms. The van der Waals surface area contributed by atoms with E-state index in [1.165, 1.54) is 16.7 Å². The number of benzene rings is 2. The van der Waals surface area contributed by atoms with Gasteiger partial charge in [-0.25, -0.2) is 4.98 Å². The molecule has 1 saturated heterocycles. The quantitative estimate of drug-likeness (QED) is 0.421. The highest BCUT2D eigenvalue weighted by Gasteiger charge is 2.38. The average molecular weight is 513 g/mol. The van der Waals surface area contributed by atoms with E-state index in [9.17, 15) is 4.79 Å². The lowest BCUT2D eigenvalue weighted by molar-refractivity contribution is -0.122. The summed E-state index contributed by atoms with van der Waals surface area (Å²) in [7, 11) is 0. The largest absolute Gasteiger partial charge is 0.333 e. The Morgan fingerprint density at radius 2 is 2.00 bits per heavy atom. The van der Waals surface area contributed by atoms with Gasteiger partial charge >= 0.3 is 0 Å². The molecule has 0 radical (unpaired) electrons. The molecule has 2 aliphatic rings. The van der Waals surface area contributed by atoms with E-state index < -0.39 is 0 Å². The topological polar surface area (TPSA) is 75.1 Å². The number of imidazole rings is 1. The first-order valence-electron chi connectivity index (χ1n) is 12.7. The van der Waals surface area contributed by atoms with E-state index in [4.69, 9.17) is 16.6 Å². The number of pyridine rings is 1. The number of hydrogen-bond donors (Lipinski definition) is 2. The van der Waals surface area contributed by atoms with Gasteiger partial charge in [0.1, 0.15) is 6.04 Å². The van der Waals surface area contributed by atoms with Gasteiger partial charge in [-0.15, -0.1) is 0 Å². The van der Waals surface area contributed by atoms with Gasteiger partial charge in [0, 0.05) is 55.5 Å². The Morgan fingerprint density at radius 1 is 1.08 bits per heavy atom. The fourth-order valence-corrected chi connectivity index (χ4v) is 5.75. The summed E-state index contributed by atoms with van der Waals surface area (Å²) in [6, 6.07) is 17.8. The van der Waals surface area contributed by atoms with Gasteiger partial charge in [0.05, 0.1) is 18.1 Å². The van der Waals surface area contributed by atoms with Gasteiger partial charge in [-0.3, -0.25) is 14.7 Å². The number of carbonyl (C=O) groups is 1. The molecule has 8 heteroatoms. The average Bonchev–Trinajstić information content (AvgIpc) is 3.37. The molecule has 2 aromatic heterocycles. The monoisotopic (exact) mass is 512 g/mol. The Labute approximate surface area is 221 Å². The third-order valence-corrected chi connectivity index (χ3v) is 7.52. The summed E-state index contributed by atoms with van der Waals surface area (Å²) in [5.74, 6) is -0.0239. The zero-order chi connectivity index (χ0) is 25.2. The first-order chi connectivity index (χ1) is 18.2. The van der Waals surface area contributed by atoms with Gasteiger partial charge in [-0.2, -0.15) is 0 Å². The molecule has 2 unspecified atom stereocenters. The molecule has 1 aliphatic carbocycles. The van der Waals surface area contributed by atoms with Gasteiger partial charge in [-0.1, -0.05) is 35.9 Å². The lowest BCUT2D eigenvalue weighted by Gasteiger charge is -2.41. The fraction of sp³-hybridized carbons (Fsp3) is 0.276. The number of aromatic nitrogens is 3. The number of fused-ring (bicyclic) bond motifs is 2. The molecule has 3 heterocycles. The van der Waals surface area contributed by atoms with E-state index in [1.807, 2.05) is 47.3 Å². The number of nitrogens with one attached hydrogen (secondary N) is 2. The number of halogens is 1. The van der Waals surface area contributed by atoms with Crippen molar-refractivity contribution in [3.05, 3.63) is 112 Å². The van der Waals surface area contributed by atoms with E-state index in [0.29, 0.717) is 13.1 Å². The molecule has 4 aromatic rings.